The molecule has 0 amide bonds. The fourth-order valence-electron chi connectivity index (χ4n) is 3.93. The molecule has 28 heavy (non-hydrogen) atoms. The molecule has 144 valence electrons. The van der Waals surface area contributed by atoms with E-state index in [9.17, 15) is 4.79 Å². The van der Waals surface area contributed by atoms with Crippen LogP contribution in [0.4, 0.5) is 0 Å². The van der Waals surface area contributed by atoms with Crippen LogP contribution in [0.25, 0.3) is 17.1 Å². The van der Waals surface area contributed by atoms with Crippen LogP contribution in [-0.4, -0.2) is 35.8 Å². The first-order valence-corrected chi connectivity index (χ1v) is 9.55. The van der Waals surface area contributed by atoms with Gasteiger partial charge in [-0.1, -0.05) is 0 Å². The molecule has 8 nitrogen and oxygen atoms in total. The summed E-state index contributed by atoms with van der Waals surface area (Å²) in [6, 6.07) is 5.54. The summed E-state index contributed by atoms with van der Waals surface area (Å²) < 4.78 is 8.95. The van der Waals surface area contributed by atoms with Crippen LogP contribution in [0, 0.1) is 6.92 Å². The molecule has 0 aromatic carbocycles. The van der Waals surface area contributed by atoms with Gasteiger partial charge < -0.3 is 4.42 Å². The maximum absolute atomic E-state index is 13.1. The molecule has 0 saturated carbocycles. The second-order valence-electron chi connectivity index (χ2n) is 7.21. The fraction of sp³-hybridized carbons (Fsp3) is 0.350. The van der Waals surface area contributed by atoms with E-state index in [0.29, 0.717) is 18.0 Å². The van der Waals surface area contributed by atoms with Crippen molar-refractivity contribution in [3.63, 3.8) is 0 Å². The normalized spacial score (nSPS) is 14.6. The third-order valence-electron chi connectivity index (χ3n) is 5.53. The Morgan fingerprint density at radius 2 is 2.25 bits per heavy atom. The average molecular weight is 378 g/mol. The number of nitrogens with zero attached hydrogens (tertiary/aromatic N) is 5. The highest BCUT2D eigenvalue weighted by Crippen LogP contribution is 2.22. The van der Waals surface area contributed by atoms with Gasteiger partial charge >= 0.3 is 0 Å². The number of furan rings is 1. The van der Waals surface area contributed by atoms with Gasteiger partial charge in [-0.2, -0.15) is 5.10 Å². The summed E-state index contributed by atoms with van der Waals surface area (Å²) in [6.45, 7) is 7.31. The summed E-state index contributed by atoms with van der Waals surface area (Å²) in [5.74, 6) is 0.688. The maximum atomic E-state index is 13.1. The first-order chi connectivity index (χ1) is 13.6. The molecule has 0 aliphatic carbocycles. The Kier molecular flexibility index (Phi) is 3.94. The minimum Gasteiger partial charge on any atom is -0.463 e. The minimum absolute atomic E-state index is 0.0384. The SMILES string of the molecule is CCn1ncc(CN2CCc3nc4cc(-c5ccco5)[nH]n4c(=O)c3C2)c1C. The molecule has 0 bridgehead atoms. The number of fused-ring (bicyclic) bond motifs is 2. The largest absolute Gasteiger partial charge is 0.463 e. The molecule has 0 atom stereocenters. The predicted octanol–water partition coefficient (Wildman–Crippen LogP) is 2.37. The van der Waals surface area contributed by atoms with Crippen LogP contribution in [0.1, 0.15) is 29.4 Å². The van der Waals surface area contributed by atoms with Gasteiger partial charge in [0.1, 0.15) is 5.69 Å². The van der Waals surface area contributed by atoms with Crippen molar-refractivity contribution >= 4 is 5.65 Å². The number of nitrogens with one attached hydrogen (secondary N) is 1. The highest BCUT2D eigenvalue weighted by molar-refractivity contribution is 5.59. The Labute approximate surface area is 161 Å². The highest BCUT2D eigenvalue weighted by atomic mass is 16.3. The maximum Gasteiger partial charge on any atom is 0.277 e. The molecule has 0 spiro atoms. The quantitative estimate of drug-likeness (QED) is 0.589. The van der Waals surface area contributed by atoms with Crippen LogP contribution < -0.4 is 5.56 Å². The van der Waals surface area contributed by atoms with Crippen molar-refractivity contribution in [3.05, 3.63) is 63.5 Å². The summed E-state index contributed by atoms with van der Waals surface area (Å²) in [5, 5.41) is 7.54. The average Bonchev–Trinajstić information content (AvgIpc) is 3.43. The van der Waals surface area contributed by atoms with E-state index < -0.39 is 0 Å². The van der Waals surface area contributed by atoms with Crippen LogP contribution in [0.2, 0.25) is 0 Å². The Morgan fingerprint density at radius 1 is 1.36 bits per heavy atom. The number of aromatic nitrogens is 5. The Hall–Kier alpha value is -3.13. The van der Waals surface area contributed by atoms with Crippen molar-refractivity contribution in [2.75, 3.05) is 6.54 Å². The van der Waals surface area contributed by atoms with Crippen LogP contribution in [0.3, 0.4) is 0 Å². The first kappa shape index (κ1) is 17.0. The van der Waals surface area contributed by atoms with Crippen LogP contribution in [-0.2, 0) is 26.1 Å². The molecule has 0 radical (unpaired) electrons. The van der Waals surface area contributed by atoms with Gasteiger partial charge in [0, 0.05) is 49.9 Å². The number of hydrogen-bond acceptors (Lipinski definition) is 5. The van der Waals surface area contributed by atoms with Crippen molar-refractivity contribution < 1.29 is 4.42 Å². The molecule has 1 N–H and O–H groups in total. The van der Waals surface area contributed by atoms with Gasteiger partial charge in [-0.3, -0.25) is 19.5 Å². The second kappa shape index (κ2) is 6.49. The summed E-state index contributed by atoms with van der Waals surface area (Å²) in [4.78, 5) is 20.1. The zero-order valence-electron chi connectivity index (χ0n) is 16.0. The summed E-state index contributed by atoms with van der Waals surface area (Å²) in [6.07, 6.45) is 4.31. The van der Waals surface area contributed by atoms with Gasteiger partial charge in [0.2, 0.25) is 0 Å². The smallest absolute Gasteiger partial charge is 0.277 e. The number of rotatable bonds is 4. The molecule has 1 aliphatic heterocycles. The van der Waals surface area contributed by atoms with E-state index in [4.69, 9.17) is 9.40 Å². The number of aromatic amines is 1. The van der Waals surface area contributed by atoms with Crippen molar-refractivity contribution in [2.24, 2.45) is 0 Å². The molecule has 5 rings (SSSR count). The lowest BCUT2D eigenvalue weighted by Gasteiger charge is -2.27. The molecule has 4 aromatic heterocycles. The second-order valence-corrected chi connectivity index (χ2v) is 7.21. The third kappa shape index (κ3) is 2.68. The summed E-state index contributed by atoms with van der Waals surface area (Å²) >= 11 is 0. The van der Waals surface area contributed by atoms with Gasteiger partial charge in [-0.15, -0.1) is 0 Å². The highest BCUT2D eigenvalue weighted by Gasteiger charge is 2.23. The molecular formula is C20H22N6O2. The molecule has 0 fully saturated rings. The molecule has 8 heteroatoms. The van der Waals surface area contributed by atoms with E-state index in [2.05, 4.69) is 28.9 Å². The summed E-state index contributed by atoms with van der Waals surface area (Å²) in [5.41, 5.74) is 5.39. The molecule has 0 saturated heterocycles. The van der Waals surface area contributed by atoms with E-state index in [1.807, 2.05) is 29.1 Å². The fourth-order valence-corrected chi connectivity index (χ4v) is 3.93. The van der Waals surface area contributed by atoms with Gasteiger partial charge in [0.15, 0.2) is 11.4 Å². The molecule has 0 unspecified atom stereocenters. The lowest BCUT2D eigenvalue weighted by Crippen LogP contribution is -2.36. The number of H-pyrrole nitrogens is 1. The van der Waals surface area contributed by atoms with Crippen LogP contribution in [0.15, 0.2) is 39.9 Å². The molecule has 5 heterocycles. The van der Waals surface area contributed by atoms with Crippen molar-refractivity contribution in [1.29, 1.82) is 0 Å². The lowest BCUT2D eigenvalue weighted by atomic mass is 10.1. The third-order valence-corrected chi connectivity index (χ3v) is 5.53. The van der Waals surface area contributed by atoms with Gasteiger partial charge in [0.05, 0.1) is 23.7 Å². The van der Waals surface area contributed by atoms with Gasteiger partial charge in [-0.25, -0.2) is 9.50 Å². The predicted molar refractivity (Wildman–Crippen MR) is 104 cm³/mol. The van der Waals surface area contributed by atoms with Gasteiger partial charge in [-0.05, 0) is 26.0 Å². The number of hydrogen-bond donors (Lipinski definition) is 1. The first-order valence-electron chi connectivity index (χ1n) is 9.55. The molecule has 1 aliphatic rings. The Morgan fingerprint density at radius 3 is 3.00 bits per heavy atom. The Bertz CT molecular complexity index is 1200. The summed E-state index contributed by atoms with van der Waals surface area (Å²) in [7, 11) is 0. The van der Waals surface area contributed by atoms with Crippen molar-refractivity contribution in [1.82, 2.24) is 29.3 Å². The van der Waals surface area contributed by atoms with Crippen molar-refractivity contribution in [3.8, 4) is 11.5 Å². The number of aryl methyl sites for hydroxylation is 1. The zero-order valence-corrected chi connectivity index (χ0v) is 16.0. The van der Waals surface area contributed by atoms with Crippen LogP contribution in [0.5, 0.6) is 0 Å². The van der Waals surface area contributed by atoms with E-state index in [-0.39, 0.29) is 5.56 Å². The van der Waals surface area contributed by atoms with E-state index in [0.717, 1.165) is 43.0 Å². The van der Waals surface area contributed by atoms with E-state index in [1.54, 1.807) is 6.26 Å². The topological polar surface area (TPSA) is 84.4 Å². The zero-order chi connectivity index (χ0) is 19.3. The van der Waals surface area contributed by atoms with E-state index in [1.165, 1.54) is 15.8 Å². The lowest BCUT2D eigenvalue weighted by molar-refractivity contribution is 0.241. The van der Waals surface area contributed by atoms with E-state index >= 15 is 0 Å². The monoisotopic (exact) mass is 378 g/mol. The standard InChI is InChI=1S/C20H22N6O2/c1-3-25-13(2)14(10-21-25)11-24-7-6-16-15(12-24)20(27)26-19(22-16)9-17(23-26)18-5-4-8-28-18/h4-5,8-10,23H,3,6-7,11-12H2,1-2H3. The Balaban J connectivity index is 1.47. The molecule has 4 aromatic rings. The minimum atomic E-state index is -0.0384. The van der Waals surface area contributed by atoms with Crippen LogP contribution >= 0.6 is 0 Å². The van der Waals surface area contributed by atoms with Gasteiger partial charge in [0.25, 0.3) is 5.56 Å². The van der Waals surface area contributed by atoms with Crippen molar-refractivity contribution in [2.45, 2.75) is 39.9 Å². The molecular weight excluding hydrogens is 356 g/mol.